The normalized spacial score (nSPS) is 10.4. The van der Waals surface area contributed by atoms with Gasteiger partial charge in [-0.2, -0.15) is 0 Å². The number of hydrogen-bond donors (Lipinski definition) is 1. The van der Waals surface area contributed by atoms with Crippen molar-refractivity contribution in [3.63, 3.8) is 0 Å². The average Bonchev–Trinajstić information content (AvgIpc) is 2.31. The summed E-state index contributed by atoms with van der Waals surface area (Å²) in [5.74, 6) is -0.0905. The first kappa shape index (κ1) is 14.7. The minimum Gasteiger partial charge on any atom is -0.320 e. The molecule has 0 atom stereocenters. The SMILES string of the molecule is Cc1cc(C)c(C(=O)Nc2ccc(Br)nc2C)c(C)c1. The molecule has 2 aromatic rings. The van der Waals surface area contributed by atoms with Gasteiger partial charge in [0.25, 0.3) is 5.91 Å². The van der Waals surface area contributed by atoms with Gasteiger partial charge < -0.3 is 5.32 Å². The van der Waals surface area contributed by atoms with E-state index < -0.39 is 0 Å². The maximum Gasteiger partial charge on any atom is 0.256 e. The van der Waals surface area contributed by atoms with Crippen molar-refractivity contribution in [1.29, 1.82) is 0 Å². The number of halogens is 1. The maximum atomic E-state index is 12.5. The number of benzene rings is 1. The highest BCUT2D eigenvalue weighted by Gasteiger charge is 2.14. The summed E-state index contributed by atoms with van der Waals surface area (Å²) in [6, 6.07) is 7.71. The first-order valence-electron chi connectivity index (χ1n) is 6.41. The molecule has 104 valence electrons. The molecular formula is C16H17BrN2O. The molecule has 0 aliphatic rings. The number of pyridine rings is 1. The Morgan fingerprint density at radius 3 is 2.25 bits per heavy atom. The van der Waals surface area contributed by atoms with E-state index in [4.69, 9.17) is 0 Å². The van der Waals surface area contributed by atoms with Gasteiger partial charge in [0, 0.05) is 5.56 Å². The van der Waals surface area contributed by atoms with Gasteiger partial charge >= 0.3 is 0 Å². The summed E-state index contributed by atoms with van der Waals surface area (Å²) in [5.41, 5.74) is 5.40. The van der Waals surface area contributed by atoms with Crippen LogP contribution in [0.2, 0.25) is 0 Å². The molecule has 1 aromatic carbocycles. The number of nitrogens with zero attached hydrogens (tertiary/aromatic N) is 1. The van der Waals surface area contributed by atoms with E-state index in [0.717, 1.165) is 38.2 Å². The zero-order valence-electron chi connectivity index (χ0n) is 12.0. The second-order valence-electron chi connectivity index (χ2n) is 4.99. The van der Waals surface area contributed by atoms with Crippen molar-refractivity contribution in [2.75, 3.05) is 5.32 Å². The van der Waals surface area contributed by atoms with Gasteiger partial charge in [-0.25, -0.2) is 4.98 Å². The molecule has 0 unspecified atom stereocenters. The van der Waals surface area contributed by atoms with Gasteiger partial charge in [0.05, 0.1) is 11.4 Å². The standard InChI is InChI=1S/C16H17BrN2O/c1-9-7-10(2)15(11(3)8-9)16(20)19-13-5-6-14(17)18-12(13)4/h5-8H,1-4H3,(H,19,20). The molecule has 3 nitrogen and oxygen atoms in total. The van der Waals surface area contributed by atoms with E-state index in [9.17, 15) is 4.79 Å². The lowest BCUT2D eigenvalue weighted by atomic mass is 9.99. The Morgan fingerprint density at radius 2 is 1.70 bits per heavy atom. The fourth-order valence-electron chi connectivity index (χ4n) is 2.39. The molecule has 2 rings (SSSR count). The Bertz CT molecular complexity index is 657. The van der Waals surface area contributed by atoms with E-state index in [0.29, 0.717) is 0 Å². The largest absolute Gasteiger partial charge is 0.320 e. The average molecular weight is 333 g/mol. The number of aromatic nitrogens is 1. The van der Waals surface area contributed by atoms with Crippen LogP contribution < -0.4 is 5.32 Å². The van der Waals surface area contributed by atoms with Crippen LogP contribution in [0.15, 0.2) is 28.9 Å². The minimum atomic E-state index is -0.0905. The lowest BCUT2D eigenvalue weighted by Gasteiger charge is -2.13. The van der Waals surface area contributed by atoms with Crippen LogP contribution >= 0.6 is 15.9 Å². The highest BCUT2D eigenvalue weighted by Crippen LogP contribution is 2.20. The molecule has 20 heavy (non-hydrogen) atoms. The van der Waals surface area contributed by atoms with Crippen molar-refractivity contribution in [2.24, 2.45) is 0 Å². The van der Waals surface area contributed by atoms with E-state index in [1.807, 2.05) is 52.0 Å². The summed E-state index contributed by atoms with van der Waals surface area (Å²) in [6.07, 6.45) is 0. The summed E-state index contributed by atoms with van der Waals surface area (Å²) in [4.78, 5) is 16.7. The van der Waals surface area contributed by atoms with Crippen LogP contribution in [0, 0.1) is 27.7 Å². The van der Waals surface area contributed by atoms with Crippen LogP contribution in [0.3, 0.4) is 0 Å². The molecule has 1 amide bonds. The summed E-state index contributed by atoms with van der Waals surface area (Å²) in [6.45, 7) is 7.82. The number of anilines is 1. The van der Waals surface area contributed by atoms with Crippen molar-refractivity contribution >= 4 is 27.5 Å². The molecule has 0 radical (unpaired) electrons. The highest BCUT2D eigenvalue weighted by atomic mass is 79.9. The molecular weight excluding hydrogens is 316 g/mol. The van der Waals surface area contributed by atoms with Gasteiger partial charge in [-0.1, -0.05) is 17.7 Å². The third kappa shape index (κ3) is 3.07. The maximum absolute atomic E-state index is 12.5. The van der Waals surface area contributed by atoms with E-state index in [2.05, 4.69) is 26.2 Å². The molecule has 0 bridgehead atoms. The zero-order valence-corrected chi connectivity index (χ0v) is 13.6. The molecule has 0 aliphatic heterocycles. The Hall–Kier alpha value is -1.68. The number of carbonyl (C=O) groups is 1. The van der Waals surface area contributed by atoms with E-state index in [1.54, 1.807) is 0 Å². The lowest BCUT2D eigenvalue weighted by molar-refractivity contribution is 0.102. The van der Waals surface area contributed by atoms with Gasteiger partial charge in [0.15, 0.2) is 0 Å². The molecule has 0 saturated heterocycles. The first-order chi connectivity index (χ1) is 9.38. The molecule has 0 fully saturated rings. The molecule has 0 aliphatic carbocycles. The Kier molecular flexibility index (Phi) is 4.23. The van der Waals surface area contributed by atoms with Gasteiger partial charge in [0.1, 0.15) is 4.60 Å². The fourth-order valence-corrected chi connectivity index (χ4v) is 2.78. The number of nitrogens with one attached hydrogen (secondary N) is 1. The molecule has 0 saturated carbocycles. The van der Waals surface area contributed by atoms with Gasteiger partial charge in [-0.3, -0.25) is 4.79 Å². The third-order valence-electron chi connectivity index (χ3n) is 3.20. The van der Waals surface area contributed by atoms with Gasteiger partial charge in [-0.05, 0) is 66.9 Å². The second-order valence-corrected chi connectivity index (χ2v) is 5.81. The van der Waals surface area contributed by atoms with Crippen LogP contribution in [0.1, 0.15) is 32.7 Å². The number of rotatable bonds is 2. The summed E-state index contributed by atoms with van der Waals surface area (Å²) in [7, 11) is 0. The van der Waals surface area contributed by atoms with Crippen molar-refractivity contribution in [3.8, 4) is 0 Å². The van der Waals surface area contributed by atoms with Crippen LogP contribution in [-0.4, -0.2) is 10.9 Å². The number of carbonyl (C=O) groups excluding carboxylic acids is 1. The lowest BCUT2D eigenvalue weighted by Crippen LogP contribution is -2.16. The van der Waals surface area contributed by atoms with Crippen LogP contribution in [0.5, 0.6) is 0 Å². The Labute approximate surface area is 127 Å². The van der Waals surface area contributed by atoms with Crippen molar-refractivity contribution in [1.82, 2.24) is 4.98 Å². The second kappa shape index (κ2) is 5.75. The zero-order chi connectivity index (χ0) is 14.9. The molecule has 1 N–H and O–H groups in total. The highest BCUT2D eigenvalue weighted by molar-refractivity contribution is 9.10. The van der Waals surface area contributed by atoms with Crippen molar-refractivity contribution < 1.29 is 4.79 Å². The monoisotopic (exact) mass is 332 g/mol. The quantitative estimate of drug-likeness (QED) is 0.831. The first-order valence-corrected chi connectivity index (χ1v) is 7.20. The third-order valence-corrected chi connectivity index (χ3v) is 3.65. The van der Waals surface area contributed by atoms with Crippen molar-refractivity contribution in [3.05, 3.63) is 56.8 Å². The predicted octanol–water partition coefficient (Wildman–Crippen LogP) is 4.33. The van der Waals surface area contributed by atoms with Crippen LogP contribution in [-0.2, 0) is 0 Å². The topological polar surface area (TPSA) is 42.0 Å². The molecule has 4 heteroatoms. The summed E-state index contributed by atoms with van der Waals surface area (Å²) >= 11 is 3.31. The van der Waals surface area contributed by atoms with Crippen LogP contribution in [0.25, 0.3) is 0 Å². The van der Waals surface area contributed by atoms with E-state index in [-0.39, 0.29) is 5.91 Å². The van der Waals surface area contributed by atoms with Gasteiger partial charge in [-0.15, -0.1) is 0 Å². The minimum absolute atomic E-state index is 0.0905. The van der Waals surface area contributed by atoms with Crippen LogP contribution in [0.4, 0.5) is 5.69 Å². The Balaban J connectivity index is 2.33. The fraction of sp³-hybridized carbons (Fsp3) is 0.250. The van der Waals surface area contributed by atoms with Crippen molar-refractivity contribution in [2.45, 2.75) is 27.7 Å². The summed E-state index contributed by atoms with van der Waals surface area (Å²) < 4.78 is 0.760. The Morgan fingerprint density at radius 1 is 1.10 bits per heavy atom. The molecule has 0 spiro atoms. The van der Waals surface area contributed by atoms with Gasteiger partial charge in [0.2, 0.25) is 0 Å². The number of hydrogen-bond acceptors (Lipinski definition) is 2. The predicted molar refractivity (Wildman–Crippen MR) is 85.3 cm³/mol. The molecule has 1 heterocycles. The smallest absolute Gasteiger partial charge is 0.256 e. The summed E-state index contributed by atoms with van der Waals surface area (Å²) in [5, 5.41) is 2.93. The van der Waals surface area contributed by atoms with E-state index in [1.165, 1.54) is 0 Å². The number of aryl methyl sites for hydroxylation is 4. The number of amides is 1. The molecule has 1 aromatic heterocycles. The van der Waals surface area contributed by atoms with E-state index >= 15 is 0 Å².